The van der Waals surface area contributed by atoms with Crippen LogP contribution in [0.2, 0.25) is 0 Å². The van der Waals surface area contributed by atoms with Crippen molar-refractivity contribution >= 4 is 17.3 Å². The molecule has 0 aliphatic heterocycles. The normalized spacial score (nSPS) is 10.2. The molecule has 0 radical (unpaired) electrons. The summed E-state index contributed by atoms with van der Waals surface area (Å²) in [5.41, 5.74) is 2.98. The summed E-state index contributed by atoms with van der Waals surface area (Å²) in [6, 6.07) is 13.0. The Bertz CT molecular complexity index is 637. The van der Waals surface area contributed by atoms with Crippen LogP contribution in [0.3, 0.4) is 0 Å². The van der Waals surface area contributed by atoms with Gasteiger partial charge in [-0.05, 0) is 42.8 Å². The molecule has 4 nitrogen and oxygen atoms in total. The number of hydrogen-bond donors (Lipinski definition) is 1. The van der Waals surface area contributed by atoms with Gasteiger partial charge in [0, 0.05) is 24.5 Å². The molecule has 0 aromatic heterocycles. The second-order valence-electron chi connectivity index (χ2n) is 4.56. The molecule has 2 aromatic carbocycles. The van der Waals surface area contributed by atoms with E-state index in [1.165, 1.54) is 0 Å². The number of carbonyl (C=O) groups is 1. The molecule has 0 unspecified atom stereocenters. The lowest BCUT2D eigenvalue weighted by Gasteiger charge is -2.21. The summed E-state index contributed by atoms with van der Waals surface area (Å²) in [6.45, 7) is 1.80. The SMILES string of the molecule is COc1cccc(N(C)c2ccc(C(=O)O)c(C)c2)c1. The Morgan fingerprint density at radius 2 is 1.85 bits per heavy atom. The molecule has 4 heteroatoms. The van der Waals surface area contributed by atoms with E-state index in [1.54, 1.807) is 26.2 Å². The average molecular weight is 271 g/mol. The van der Waals surface area contributed by atoms with Crippen molar-refractivity contribution in [3.63, 3.8) is 0 Å². The molecule has 2 rings (SSSR count). The first-order valence-corrected chi connectivity index (χ1v) is 6.24. The van der Waals surface area contributed by atoms with Crippen LogP contribution in [0, 0.1) is 6.92 Å². The molecule has 0 amide bonds. The zero-order chi connectivity index (χ0) is 14.7. The molecule has 0 atom stereocenters. The maximum absolute atomic E-state index is 11.0. The Balaban J connectivity index is 2.35. The van der Waals surface area contributed by atoms with Crippen LogP contribution in [-0.4, -0.2) is 25.2 Å². The third-order valence-electron chi connectivity index (χ3n) is 3.27. The quantitative estimate of drug-likeness (QED) is 0.925. The van der Waals surface area contributed by atoms with Gasteiger partial charge in [-0.2, -0.15) is 0 Å². The van der Waals surface area contributed by atoms with Crippen LogP contribution in [0.25, 0.3) is 0 Å². The van der Waals surface area contributed by atoms with E-state index in [4.69, 9.17) is 9.84 Å². The Hall–Kier alpha value is -2.49. The van der Waals surface area contributed by atoms with Gasteiger partial charge < -0.3 is 14.7 Å². The highest BCUT2D eigenvalue weighted by atomic mass is 16.5. The summed E-state index contributed by atoms with van der Waals surface area (Å²) in [5.74, 6) is -0.119. The first-order chi connectivity index (χ1) is 9.52. The summed E-state index contributed by atoms with van der Waals surface area (Å²) in [4.78, 5) is 13.0. The lowest BCUT2D eigenvalue weighted by molar-refractivity contribution is 0.0696. The fourth-order valence-electron chi connectivity index (χ4n) is 2.06. The fraction of sp³-hybridized carbons (Fsp3) is 0.188. The highest BCUT2D eigenvalue weighted by Gasteiger charge is 2.10. The number of anilines is 2. The largest absolute Gasteiger partial charge is 0.497 e. The van der Waals surface area contributed by atoms with Crippen LogP contribution < -0.4 is 9.64 Å². The summed E-state index contributed by atoms with van der Waals surface area (Å²) in [6.07, 6.45) is 0. The second kappa shape index (κ2) is 5.65. The van der Waals surface area contributed by atoms with Crippen LogP contribution in [0.15, 0.2) is 42.5 Å². The molecule has 0 aliphatic rings. The van der Waals surface area contributed by atoms with Crippen molar-refractivity contribution in [2.45, 2.75) is 6.92 Å². The summed E-state index contributed by atoms with van der Waals surface area (Å²) < 4.78 is 5.21. The van der Waals surface area contributed by atoms with Crippen molar-refractivity contribution in [1.82, 2.24) is 0 Å². The number of carboxylic acids is 1. The van der Waals surface area contributed by atoms with Gasteiger partial charge in [0.05, 0.1) is 12.7 Å². The van der Waals surface area contributed by atoms with Crippen LogP contribution in [-0.2, 0) is 0 Å². The number of aromatic carboxylic acids is 1. The van der Waals surface area contributed by atoms with Crippen LogP contribution >= 0.6 is 0 Å². The van der Waals surface area contributed by atoms with E-state index in [-0.39, 0.29) is 0 Å². The number of ether oxygens (including phenoxy) is 1. The monoisotopic (exact) mass is 271 g/mol. The minimum Gasteiger partial charge on any atom is -0.497 e. The smallest absolute Gasteiger partial charge is 0.335 e. The van der Waals surface area contributed by atoms with Gasteiger partial charge in [0.2, 0.25) is 0 Å². The topological polar surface area (TPSA) is 49.8 Å². The molecule has 0 saturated carbocycles. The van der Waals surface area contributed by atoms with Gasteiger partial charge in [0.15, 0.2) is 0 Å². The third kappa shape index (κ3) is 2.74. The van der Waals surface area contributed by atoms with Crippen LogP contribution in [0.1, 0.15) is 15.9 Å². The lowest BCUT2D eigenvalue weighted by atomic mass is 10.1. The Kier molecular flexibility index (Phi) is 3.94. The molecular weight excluding hydrogens is 254 g/mol. The van der Waals surface area contributed by atoms with Crippen molar-refractivity contribution in [1.29, 1.82) is 0 Å². The third-order valence-corrected chi connectivity index (χ3v) is 3.27. The fourth-order valence-corrected chi connectivity index (χ4v) is 2.06. The van der Waals surface area contributed by atoms with Crippen molar-refractivity contribution in [3.05, 3.63) is 53.6 Å². The van der Waals surface area contributed by atoms with Crippen LogP contribution in [0.5, 0.6) is 5.75 Å². The first-order valence-electron chi connectivity index (χ1n) is 6.24. The van der Waals surface area contributed by atoms with E-state index < -0.39 is 5.97 Å². The molecular formula is C16H17NO3. The van der Waals surface area contributed by atoms with Gasteiger partial charge in [0.1, 0.15) is 5.75 Å². The number of carboxylic acid groups (broad SMARTS) is 1. The molecule has 2 aromatic rings. The summed E-state index contributed by atoms with van der Waals surface area (Å²) >= 11 is 0. The summed E-state index contributed by atoms with van der Waals surface area (Å²) in [5, 5.41) is 9.05. The van der Waals surface area contributed by atoms with Crippen molar-refractivity contribution in [2.75, 3.05) is 19.1 Å². The summed E-state index contributed by atoms with van der Waals surface area (Å²) in [7, 11) is 3.56. The molecule has 0 heterocycles. The van der Waals surface area contributed by atoms with E-state index in [1.807, 2.05) is 42.3 Å². The minimum atomic E-state index is -0.905. The van der Waals surface area contributed by atoms with Crippen molar-refractivity contribution in [2.24, 2.45) is 0 Å². The highest BCUT2D eigenvalue weighted by Crippen LogP contribution is 2.28. The van der Waals surface area contributed by atoms with E-state index in [9.17, 15) is 4.79 Å². The number of rotatable bonds is 4. The minimum absolute atomic E-state index is 0.327. The van der Waals surface area contributed by atoms with Gasteiger partial charge in [-0.1, -0.05) is 6.07 Å². The number of benzene rings is 2. The van der Waals surface area contributed by atoms with Gasteiger partial charge in [-0.25, -0.2) is 4.79 Å². The predicted octanol–water partition coefficient (Wildman–Crippen LogP) is 3.47. The predicted molar refractivity (Wildman–Crippen MR) is 79.2 cm³/mol. The van der Waals surface area contributed by atoms with E-state index in [0.717, 1.165) is 22.7 Å². The van der Waals surface area contributed by atoms with Crippen molar-refractivity contribution in [3.8, 4) is 5.75 Å². The molecule has 0 bridgehead atoms. The van der Waals surface area contributed by atoms with Crippen molar-refractivity contribution < 1.29 is 14.6 Å². The molecule has 1 N–H and O–H groups in total. The standard InChI is InChI=1S/C16H17NO3/c1-11-9-13(7-8-15(11)16(18)19)17(2)12-5-4-6-14(10-12)20-3/h4-10H,1-3H3,(H,18,19). The van der Waals surface area contributed by atoms with E-state index in [0.29, 0.717) is 5.56 Å². The highest BCUT2D eigenvalue weighted by molar-refractivity contribution is 5.90. The first kappa shape index (κ1) is 13.9. The Labute approximate surface area is 118 Å². The zero-order valence-corrected chi connectivity index (χ0v) is 11.8. The second-order valence-corrected chi connectivity index (χ2v) is 4.56. The average Bonchev–Trinajstić information content (AvgIpc) is 2.46. The molecule has 0 spiro atoms. The van der Waals surface area contributed by atoms with Gasteiger partial charge in [-0.3, -0.25) is 0 Å². The Morgan fingerprint density at radius 3 is 2.45 bits per heavy atom. The lowest BCUT2D eigenvalue weighted by Crippen LogP contribution is -2.10. The van der Waals surface area contributed by atoms with Crippen LogP contribution in [0.4, 0.5) is 11.4 Å². The molecule has 0 fully saturated rings. The zero-order valence-electron chi connectivity index (χ0n) is 11.8. The molecule has 0 aliphatic carbocycles. The number of hydrogen-bond acceptors (Lipinski definition) is 3. The van der Waals surface area contributed by atoms with E-state index >= 15 is 0 Å². The van der Waals surface area contributed by atoms with Gasteiger partial charge >= 0.3 is 5.97 Å². The molecule has 0 saturated heterocycles. The number of aryl methyl sites for hydroxylation is 1. The molecule has 20 heavy (non-hydrogen) atoms. The Morgan fingerprint density at radius 1 is 1.15 bits per heavy atom. The van der Waals surface area contributed by atoms with Gasteiger partial charge in [-0.15, -0.1) is 0 Å². The van der Waals surface area contributed by atoms with Gasteiger partial charge in [0.25, 0.3) is 0 Å². The maximum Gasteiger partial charge on any atom is 0.335 e. The molecule has 104 valence electrons. The number of nitrogens with zero attached hydrogens (tertiary/aromatic N) is 1. The van der Waals surface area contributed by atoms with E-state index in [2.05, 4.69) is 0 Å². The maximum atomic E-state index is 11.0. The number of methoxy groups -OCH3 is 1.